The standard InChI is InChI=1S/C17H22N2O6/c1-24-13-5-3-4-11(6-13)17(23)18-9-15(20)19-10-14(25-2)7-12(19)8-16(21)22/h3-6,12,14H,7-10H2,1-2H3,(H,18,23)(H,21,22). The van der Waals surface area contributed by atoms with Crippen LogP contribution in [0.2, 0.25) is 0 Å². The lowest BCUT2D eigenvalue weighted by Crippen LogP contribution is -2.43. The zero-order valence-electron chi connectivity index (χ0n) is 14.2. The number of benzene rings is 1. The van der Waals surface area contributed by atoms with Gasteiger partial charge in [-0.25, -0.2) is 0 Å². The Morgan fingerprint density at radius 1 is 1.32 bits per heavy atom. The minimum Gasteiger partial charge on any atom is -0.497 e. The van der Waals surface area contributed by atoms with Crippen LogP contribution in [0.5, 0.6) is 5.75 Å². The average Bonchev–Trinajstić information content (AvgIpc) is 3.01. The number of carbonyl (C=O) groups excluding carboxylic acids is 2. The molecule has 2 rings (SSSR count). The molecule has 1 aliphatic rings. The molecule has 8 nitrogen and oxygen atoms in total. The van der Waals surface area contributed by atoms with Gasteiger partial charge in [-0.2, -0.15) is 0 Å². The summed E-state index contributed by atoms with van der Waals surface area (Å²) in [6.45, 7) is 0.116. The summed E-state index contributed by atoms with van der Waals surface area (Å²) in [6.07, 6.45) is 0.135. The van der Waals surface area contributed by atoms with Crippen molar-refractivity contribution in [3.8, 4) is 5.75 Å². The Labute approximate surface area is 145 Å². The molecular formula is C17H22N2O6. The van der Waals surface area contributed by atoms with Crippen LogP contribution in [0.3, 0.4) is 0 Å². The second-order valence-corrected chi connectivity index (χ2v) is 5.81. The number of nitrogens with one attached hydrogen (secondary N) is 1. The third-order valence-electron chi connectivity index (χ3n) is 4.17. The van der Waals surface area contributed by atoms with Crippen LogP contribution in [0.1, 0.15) is 23.2 Å². The van der Waals surface area contributed by atoms with Crippen LogP contribution >= 0.6 is 0 Å². The molecule has 25 heavy (non-hydrogen) atoms. The largest absolute Gasteiger partial charge is 0.497 e. The summed E-state index contributed by atoms with van der Waals surface area (Å²) in [5.41, 5.74) is 0.380. The highest BCUT2D eigenvalue weighted by Gasteiger charge is 2.36. The van der Waals surface area contributed by atoms with E-state index in [1.807, 2.05) is 0 Å². The normalized spacial score (nSPS) is 19.5. The minimum absolute atomic E-state index is 0.143. The summed E-state index contributed by atoms with van der Waals surface area (Å²) < 4.78 is 10.3. The molecule has 1 fully saturated rings. The van der Waals surface area contributed by atoms with Gasteiger partial charge in [0.2, 0.25) is 5.91 Å². The van der Waals surface area contributed by atoms with E-state index in [-0.39, 0.29) is 25.0 Å². The highest BCUT2D eigenvalue weighted by molar-refractivity contribution is 5.96. The van der Waals surface area contributed by atoms with Gasteiger partial charge in [0.1, 0.15) is 5.75 Å². The maximum atomic E-state index is 12.4. The molecule has 1 aromatic rings. The SMILES string of the molecule is COc1cccc(C(=O)NCC(=O)N2CC(OC)CC2CC(=O)O)c1. The first-order valence-corrected chi connectivity index (χ1v) is 7.91. The first-order valence-electron chi connectivity index (χ1n) is 7.91. The molecule has 0 bridgehead atoms. The summed E-state index contributed by atoms with van der Waals surface area (Å²) in [5.74, 6) is -1.16. The van der Waals surface area contributed by atoms with Gasteiger partial charge >= 0.3 is 5.97 Å². The number of carbonyl (C=O) groups is 3. The smallest absolute Gasteiger partial charge is 0.305 e. The van der Waals surface area contributed by atoms with Gasteiger partial charge in [-0.05, 0) is 24.6 Å². The van der Waals surface area contributed by atoms with Crippen molar-refractivity contribution in [3.05, 3.63) is 29.8 Å². The highest BCUT2D eigenvalue weighted by atomic mass is 16.5. The van der Waals surface area contributed by atoms with Gasteiger partial charge in [0.05, 0.1) is 26.2 Å². The van der Waals surface area contributed by atoms with Crippen molar-refractivity contribution in [3.63, 3.8) is 0 Å². The molecule has 8 heteroatoms. The number of nitrogens with zero attached hydrogens (tertiary/aromatic N) is 1. The summed E-state index contributed by atoms with van der Waals surface area (Å²) >= 11 is 0. The maximum Gasteiger partial charge on any atom is 0.305 e. The summed E-state index contributed by atoms with van der Waals surface area (Å²) in [4.78, 5) is 37.0. The van der Waals surface area contributed by atoms with E-state index in [2.05, 4.69) is 5.32 Å². The van der Waals surface area contributed by atoms with E-state index in [0.717, 1.165) is 0 Å². The monoisotopic (exact) mass is 350 g/mol. The number of ether oxygens (including phenoxy) is 2. The third-order valence-corrected chi connectivity index (χ3v) is 4.17. The lowest BCUT2D eigenvalue weighted by molar-refractivity contribution is -0.139. The lowest BCUT2D eigenvalue weighted by atomic mass is 10.1. The second kappa shape index (κ2) is 8.48. The van der Waals surface area contributed by atoms with Crippen LogP contribution in [0.4, 0.5) is 0 Å². The number of hydrogen-bond acceptors (Lipinski definition) is 5. The summed E-state index contributed by atoms with van der Waals surface area (Å²) in [7, 11) is 3.03. The molecule has 1 heterocycles. The number of carboxylic acids is 1. The molecule has 136 valence electrons. The molecule has 0 aromatic heterocycles. The van der Waals surface area contributed by atoms with Crippen LogP contribution in [-0.4, -0.2) is 67.2 Å². The van der Waals surface area contributed by atoms with Gasteiger partial charge in [-0.3, -0.25) is 14.4 Å². The van der Waals surface area contributed by atoms with Crippen LogP contribution in [0, 0.1) is 0 Å². The molecule has 0 saturated carbocycles. The fourth-order valence-corrected chi connectivity index (χ4v) is 2.87. The Morgan fingerprint density at radius 2 is 2.08 bits per heavy atom. The molecule has 1 saturated heterocycles. The van der Waals surface area contributed by atoms with Gasteiger partial charge in [-0.1, -0.05) is 6.07 Å². The molecule has 1 aromatic carbocycles. The molecule has 0 aliphatic carbocycles. The number of rotatable bonds is 7. The predicted molar refractivity (Wildman–Crippen MR) is 88.5 cm³/mol. The van der Waals surface area contributed by atoms with Crippen LogP contribution < -0.4 is 10.1 Å². The van der Waals surface area contributed by atoms with E-state index in [1.165, 1.54) is 19.1 Å². The van der Waals surface area contributed by atoms with Crippen molar-refractivity contribution < 1.29 is 29.0 Å². The summed E-state index contributed by atoms with van der Waals surface area (Å²) in [5, 5.41) is 11.5. The number of hydrogen-bond donors (Lipinski definition) is 2. The highest BCUT2D eigenvalue weighted by Crippen LogP contribution is 2.22. The van der Waals surface area contributed by atoms with Gasteiger partial charge in [0, 0.05) is 25.3 Å². The minimum atomic E-state index is -0.972. The fourth-order valence-electron chi connectivity index (χ4n) is 2.87. The first kappa shape index (κ1) is 18.7. The van der Waals surface area contributed by atoms with Crippen LogP contribution in [0.25, 0.3) is 0 Å². The lowest BCUT2D eigenvalue weighted by Gasteiger charge is -2.23. The van der Waals surface area contributed by atoms with Crippen molar-refractivity contribution in [1.82, 2.24) is 10.2 Å². The van der Waals surface area contributed by atoms with Gasteiger partial charge < -0.3 is 24.8 Å². The Hall–Kier alpha value is -2.61. The van der Waals surface area contributed by atoms with Gasteiger partial charge in [0.25, 0.3) is 5.91 Å². The predicted octanol–water partition coefficient (Wildman–Crippen LogP) is 0.516. The zero-order valence-corrected chi connectivity index (χ0v) is 14.2. The van der Waals surface area contributed by atoms with E-state index in [0.29, 0.717) is 24.3 Å². The maximum absolute atomic E-state index is 12.4. The molecule has 2 unspecified atom stereocenters. The fraction of sp³-hybridized carbons (Fsp3) is 0.471. The quantitative estimate of drug-likeness (QED) is 0.743. The number of likely N-dealkylation sites (tertiary alicyclic amines) is 1. The average molecular weight is 350 g/mol. The van der Waals surface area contributed by atoms with E-state index >= 15 is 0 Å². The number of amides is 2. The van der Waals surface area contributed by atoms with Gasteiger partial charge in [0.15, 0.2) is 0 Å². The number of carboxylic acid groups (broad SMARTS) is 1. The van der Waals surface area contributed by atoms with E-state index in [4.69, 9.17) is 14.6 Å². The van der Waals surface area contributed by atoms with Crippen molar-refractivity contribution in [1.29, 1.82) is 0 Å². The zero-order chi connectivity index (χ0) is 18.4. The van der Waals surface area contributed by atoms with E-state index in [9.17, 15) is 14.4 Å². The molecule has 2 atom stereocenters. The van der Waals surface area contributed by atoms with Crippen molar-refractivity contribution >= 4 is 17.8 Å². The molecule has 0 radical (unpaired) electrons. The topological polar surface area (TPSA) is 105 Å². The van der Waals surface area contributed by atoms with Crippen molar-refractivity contribution in [2.75, 3.05) is 27.3 Å². The van der Waals surface area contributed by atoms with E-state index in [1.54, 1.807) is 24.3 Å². The second-order valence-electron chi connectivity index (χ2n) is 5.81. The van der Waals surface area contributed by atoms with Crippen molar-refractivity contribution in [2.45, 2.75) is 25.0 Å². The number of aliphatic carboxylic acids is 1. The third kappa shape index (κ3) is 4.93. The molecule has 1 aliphatic heterocycles. The van der Waals surface area contributed by atoms with Crippen LogP contribution in [-0.2, 0) is 14.3 Å². The van der Waals surface area contributed by atoms with Gasteiger partial charge in [-0.15, -0.1) is 0 Å². The van der Waals surface area contributed by atoms with Crippen molar-refractivity contribution in [2.24, 2.45) is 0 Å². The Bertz CT molecular complexity index is 648. The Morgan fingerprint density at radius 3 is 2.72 bits per heavy atom. The summed E-state index contributed by atoms with van der Waals surface area (Å²) in [6, 6.07) is 6.16. The molecule has 0 spiro atoms. The molecule has 2 N–H and O–H groups in total. The Kier molecular flexibility index (Phi) is 6.35. The Balaban J connectivity index is 1.95. The molecule has 2 amide bonds. The van der Waals surface area contributed by atoms with E-state index < -0.39 is 17.9 Å². The first-order chi connectivity index (χ1) is 11.9. The number of methoxy groups -OCH3 is 2. The van der Waals surface area contributed by atoms with Crippen LogP contribution in [0.15, 0.2) is 24.3 Å². The molecular weight excluding hydrogens is 328 g/mol.